The number of rotatable bonds is 6. The van der Waals surface area contributed by atoms with Crippen LogP contribution in [0.5, 0.6) is 5.75 Å². The van der Waals surface area contributed by atoms with Crippen molar-refractivity contribution in [2.24, 2.45) is 0 Å². The van der Waals surface area contributed by atoms with E-state index in [1.165, 1.54) is 7.11 Å². The van der Waals surface area contributed by atoms with Gasteiger partial charge in [-0.15, -0.1) is 0 Å². The minimum Gasteiger partial charge on any atom is -0.495 e. The minimum absolute atomic E-state index is 0.0489. The Balaban J connectivity index is 1.51. The number of halogens is 1. The van der Waals surface area contributed by atoms with Crippen LogP contribution in [0.25, 0.3) is 0 Å². The molecule has 3 amide bonds. The van der Waals surface area contributed by atoms with Gasteiger partial charge in [-0.1, -0.05) is 29.8 Å². The van der Waals surface area contributed by atoms with Crippen molar-refractivity contribution >= 4 is 46.4 Å². The molecule has 0 unspecified atom stereocenters. The number of imide groups is 1. The van der Waals surface area contributed by atoms with Crippen molar-refractivity contribution in [1.82, 2.24) is 0 Å². The van der Waals surface area contributed by atoms with Crippen LogP contribution in [0.1, 0.15) is 21.5 Å². The molecule has 0 fully saturated rings. The third-order valence-electron chi connectivity index (χ3n) is 5.29. The lowest BCUT2D eigenvalue weighted by Gasteiger charge is -2.18. The zero-order valence-corrected chi connectivity index (χ0v) is 19.6. The summed E-state index contributed by atoms with van der Waals surface area (Å²) in [7, 11) is 1.46. The van der Waals surface area contributed by atoms with Crippen LogP contribution in [0.3, 0.4) is 0 Å². The number of ether oxygens (including phenoxy) is 1. The molecule has 8 heteroatoms. The van der Waals surface area contributed by atoms with Crippen LogP contribution < -0.4 is 20.3 Å². The maximum atomic E-state index is 13.1. The van der Waals surface area contributed by atoms with Gasteiger partial charge in [0.25, 0.3) is 17.7 Å². The first-order valence-corrected chi connectivity index (χ1v) is 10.8. The number of amides is 3. The van der Waals surface area contributed by atoms with Crippen LogP contribution in [0, 0.1) is 13.8 Å². The van der Waals surface area contributed by atoms with Crippen LogP contribution in [-0.4, -0.2) is 24.8 Å². The summed E-state index contributed by atoms with van der Waals surface area (Å²) in [4.78, 5) is 39.4. The second-order valence-electron chi connectivity index (χ2n) is 7.84. The van der Waals surface area contributed by atoms with Gasteiger partial charge in [0.1, 0.15) is 16.5 Å². The zero-order valence-electron chi connectivity index (χ0n) is 18.8. The molecule has 172 valence electrons. The van der Waals surface area contributed by atoms with E-state index in [4.69, 9.17) is 16.3 Å². The van der Waals surface area contributed by atoms with Crippen molar-refractivity contribution in [3.8, 4) is 5.75 Å². The van der Waals surface area contributed by atoms with E-state index >= 15 is 0 Å². The van der Waals surface area contributed by atoms with Crippen LogP contribution in [0.2, 0.25) is 0 Å². The van der Waals surface area contributed by atoms with Crippen LogP contribution in [-0.2, 0) is 9.59 Å². The predicted octanol–water partition coefficient (Wildman–Crippen LogP) is 5.00. The van der Waals surface area contributed by atoms with Gasteiger partial charge in [-0.3, -0.25) is 14.4 Å². The van der Waals surface area contributed by atoms with Crippen LogP contribution in [0.15, 0.2) is 77.5 Å². The Morgan fingerprint density at radius 3 is 2.26 bits per heavy atom. The quantitative estimate of drug-likeness (QED) is 0.490. The van der Waals surface area contributed by atoms with Crippen molar-refractivity contribution in [1.29, 1.82) is 0 Å². The first-order chi connectivity index (χ1) is 16.3. The highest BCUT2D eigenvalue weighted by Crippen LogP contribution is 2.36. The summed E-state index contributed by atoms with van der Waals surface area (Å²) in [5, 5.41) is 5.53. The molecule has 1 aliphatic heterocycles. The van der Waals surface area contributed by atoms with E-state index in [9.17, 15) is 14.4 Å². The fraction of sp³-hybridized carbons (Fsp3) is 0.115. The molecule has 3 aromatic rings. The first kappa shape index (κ1) is 23.1. The summed E-state index contributed by atoms with van der Waals surface area (Å²) in [5.41, 5.74) is 3.80. The highest BCUT2D eigenvalue weighted by atomic mass is 35.5. The van der Waals surface area contributed by atoms with Crippen LogP contribution >= 0.6 is 11.6 Å². The molecule has 0 radical (unpaired) electrons. The van der Waals surface area contributed by atoms with Crippen LogP contribution in [0.4, 0.5) is 17.1 Å². The van der Waals surface area contributed by atoms with E-state index in [2.05, 4.69) is 10.6 Å². The van der Waals surface area contributed by atoms with Gasteiger partial charge in [0.15, 0.2) is 0 Å². The summed E-state index contributed by atoms with van der Waals surface area (Å²) in [5.74, 6) is -1.13. The van der Waals surface area contributed by atoms with E-state index < -0.39 is 11.8 Å². The summed E-state index contributed by atoms with van der Waals surface area (Å²) >= 11 is 6.24. The summed E-state index contributed by atoms with van der Waals surface area (Å²) < 4.78 is 5.32. The van der Waals surface area contributed by atoms with Gasteiger partial charge >= 0.3 is 0 Å². The average Bonchev–Trinajstić information content (AvgIpc) is 3.02. The number of carbonyl (C=O) groups excluding carboxylic acids is 3. The monoisotopic (exact) mass is 475 g/mol. The lowest BCUT2D eigenvalue weighted by Crippen LogP contribution is -2.32. The standard InChI is InChI=1S/C26H22ClN3O4/c1-15-5-4-6-19(13-15)29-24(31)17-8-10-18(11-9-17)28-23-22(27)25(32)30(26(23)33)20-14-16(2)7-12-21(20)34-3/h4-14,28H,1-3H3,(H,29,31). The fourth-order valence-electron chi connectivity index (χ4n) is 3.58. The molecule has 4 rings (SSSR count). The smallest absolute Gasteiger partial charge is 0.283 e. The highest BCUT2D eigenvalue weighted by molar-refractivity contribution is 6.53. The van der Waals surface area contributed by atoms with Gasteiger partial charge in [0.05, 0.1) is 12.8 Å². The van der Waals surface area contributed by atoms with Gasteiger partial charge in [0, 0.05) is 16.9 Å². The van der Waals surface area contributed by atoms with Crippen molar-refractivity contribution < 1.29 is 19.1 Å². The van der Waals surface area contributed by atoms with Gasteiger partial charge in [0.2, 0.25) is 0 Å². The number of hydrogen-bond acceptors (Lipinski definition) is 5. The zero-order chi connectivity index (χ0) is 24.4. The normalized spacial score (nSPS) is 13.4. The predicted molar refractivity (Wildman–Crippen MR) is 132 cm³/mol. The lowest BCUT2D eigenvalue weighted by molar-refractivity contribution is -0.120. The number of methoxy groups -OCH3 is 1. The van der Waals surface area contributed by atoms with Crippen molar-refractivity contribution in [3.63, 3.8) is 0 Å². The van der Waals surface area contributed by atoms with Crippen molar-refractivity contribution in [2.45, 2.75) is 13.8 Å². The molecule has 0 atom stereocenters. The number of nitrogens with zero attached hydrogens (tertiary/aromatic N) is 1. The van der Waals surface area contributed by atoms with E-state index in [1.54, 1.807) is 36.4 Å². The maximum absolute atomic E-state index is 13.1. The molecule has 2 N–H and O–H groups in total. The Morgan fingerprint density at radius 2 is 1.59 bits per heavy atom. The Kier molecular flexibility index (Phi) is 6.38. The molecule has 0 saturated carbocycles. The molecule has 0 aliphatic carbocycles. The maximum Gasteiger partial charge on any atom is 0.283 e. The van der Waals surface area contributed by atoms with Crippen molar-refractivity contribution in [2.75, 3.05) is 22.6 Å². The minimum atomic E-state index is -0.646. The number of anilines is 3. The molecule has 34 heavy (non-hydrogen) atoms. The molecule has 0 saturated heterocycles. The highest BCUT2D eigenvalue weighted by Gasteiger charge is 2.40. The average molecular weight is 476 g/mol. The lowest BCUT2D eigenvalue weighted by atomic mass is 10.1. The summed E-state index contributed by atoms with van der Waals surface area (Å²) in [6, 6.07) is 19.2. The molecule has 0 spiro atoms. The first-order valence-electron chi connectivity index (χ1n) is 10.5. The topological polar surface area (TPSA) is 87.7 Å². The molecular formula is C26H22ClN3O4. The molecule has 1 heterocycles. The van der Waals surface area contributed by atoms with Gasteiger partial charge < -0.3 is 15.4 Å². The Morgan fingerprint density at radius 1 is 0.882 bits per heavy atom. The third-order valence-corrected chi connectivity index (χ3v) is 5.65. The van der Waals surface area contributed by atoms with Gasteiger partial charge in [-0.05, 0) is 73.5 Å². The summed E-state index contributed by atoms with van der Waals surface area (Å²) in [6.45, 7) is 3.79. The molecular weight excluding hydrogens is 454 g/mol. The Labute approximate surface area is 202 Å². The van der Waals surface area contributed by atoms with Gasteiger partial charge in [-0.2, -0.15) is 0 Å². The molecule has 1 aliphatic rings. The second kappa shape index (κ2) is 9.41. The largest absolute Gasteiger partial charge is 0.495 e. The molecule has 0 bridgehead atoms. The fourth-order valence-corrected chi connectivity index (χ4v) is 3.79. The third kappa shape index (κ3) is 4.51. The van der Waals surface area contributed by atoms with E-state index in [0.717, 1.165) is 16.0 Å². The Bertz CT molecular complexity index is 1330. The number of carbonyl (C=O) groups is 3. The molecule has 0 aromatic heterocycles. The van der Waals surface area contributed by atoms with Crippen molar-refractivity contribution in [3.05, 3.63) is 94.1 Å². The number of nitrogens with one attached hydrogen (secondary N) is 2. The SMILES string of the molecule is COc1ccc(C)cc1N1C(=O)C(Cl)=C(Nc2ccc(C(=O)Nc3cccc(C)c3)cc2)C1=O. The van der Waals surface area contributed by atoms with E-state index in [0.29, 0.717) is 28.4 Å². The van der Waals surface area contributed by atoms with E-state index in [1.807, 2.05) is 44.2 Å². The number of aryl methyl sites for hydroxylation is 2. The second-order valence-corrected chi connectivity index (χ2v) is 8.21. The van der Waals surface area contributed by atoms with E-state index in [-0.39, 0.29) is 16.6 Å². The van der Waals surface area contributed by atoms with Gasteiger partial charge in [-0.25, -0.2) is 4.90 Å². The number of hydrogen-bond donors (Lipinski definition) is 2. The molecule has 3 aromatic carbocycles. The Hall–Kier alpha value is -4.10. The molecule has 7 nitrogen and oxygen atoms in total. The number of benzene rings is 3. The summed E-state index contributed by atoms with van der Waals surface area (Å²) in [6.07, 6.45) is 0.